The van der Waals surface area contributed by atoms with Gasteiger partial charge in [0, 0.05) is 22.5 Å². The molecule has 2 amide bonds. The van der Waals surface area contributed by atoms with Gasteiger partial charge >= 0.3 is 18.0 Å². The van der Waals surface area contributed by atoms with Gasteiger partial charge in [-0.1, -0.05) is 40.9 Å². The molecule has 3 atom stereocenters. The van der Waals surface area contributed by atoms with Crippen molar-refractivity contribution >= 4 is 40.2 Å². The van der Waals surface area contributed by atoms with E-state index in [-0.39, 0.29) is 33.5 Å². The van der Waals surface area contributed by atoms with Crippen molar-refractivity contribution < 1.29 is 49.1 Å². The quantitative estimate of drug-likeness (QED) is 0.333. The van der Waals surface area contributed by atoms with Gasteiger partial charge in [-0.25, -0.2) is 4.39 Å². The molecule has 6 nitrogen and oxygen atoms in total. The van der Waals surface area contributed by atoms with Crippen LogP contribution in [0.5, 0.6) is 0 Å². The number of aryl methyl sites for hydroxylation is 1. The molecular weight excluding hydrogens is 557 g/mol. The van der Waals surface area contributed by atoms with Gasteiger partial charge in [0.1, 0.15) is 0 Å². The summed E-state index contributed by atoms with van der Waals surface area (Å²) in [4.78, 5) is 25.6. The van der Waals surface area contributed by atoms with E-state index in [0.29, 0.717) is 12.1 Å². The molecule has 0 fully saturated rings. The Hall–Kier alpha value is -2.71. The molecular formula is C22H19ClF7N2O4S-. The second kappa shape index (κ2) is 11.0. The lowest BCUT2D eigenvalue weighted by atomic mass is 9.92. The van der Waals surface area contributed by atoms with Crippen LogP contribution in [0, 0.1) is 6.92 Å². The molecule has 0 spiro atoms. The molecule has 0 saturated heterocycles. The maximum Gasteiger partial charge on any atom is 0.435 e. The van der Waals surface area contributed by atoms with Crippen molar-refractivity contribution in [2.24, 2.45) is 0 Å². The summed E-state index contributed by atoms with van der Waals surface area (Å²) >= 11 is 3.54. The zero-order valence-electron chi connectivity index (χ0n) is 19.2. The lowest BCUT2D eigenvalue weighted by molar-refractivity contribution is -0.348. The number of rotatable bonds is 7. The Labute approximate surface area is 213 Å². The lowest BCUT2D eigenvalue weighted by Crippen LogP contribution is -2.50. The highest BCUT2D eigenvalue weighted by Gasteiger charge is 2.73. The first kappa shape index (κ1) is 30.5. The van der Waals surface area contributed by atoms with Gasteiger partial charge in [0.15, 0.2) is 0 Å². The molecule has 2 N–H and O–H groups in total. The highest BCUT2D eigenvalue weighted by Crippen LogP contribution is 2.53. The molecule has 0 bridgehead atoms. The van der Waals surface area contributed by atoms with Crippen LogP contribution in [-0.2, 0) is 16.7 Å². The molecule has 0 aliphatic carbocycles. The molecule has 37 heavy (non-hydrogen) atoms. The van der Waals surface area contributed by atoms with Gasteiger partial charge in [-0.3, -0.25) is 13.8 Å². The summed E-state index contributed by atoms with van der Waals surface area (Å²) in [6.07, 6.45) is -12.6. The third kappa shape index (κ3) is 6.24. The van der Waals surface area contributed by atoms with Crippen molar-refractivity contribution in [3.63, 3.8) is 0 Å². The van der Waals surface area contributed by atoms with E-state index in [1.807, 2.05) is 0 Å². The average molecular weight is 576 g/mol. The number of hydrogen-bond acceptors (Lipinski definition) is 4. The van der Waals surface area contributed by atoms with E-state index in [0.717, 1.165) is 6.92 Å². The third-order valence-corrected chi connectivity index (χ3v) is 6.84. The summed E-state index contributed by atoms with van der Waals surface area (Å²) in [6, 6.07) is 4.03. The molecule has 2 aromatic rings. The van der Waals surface area contributed by atoms with E-state index in [1.54, 1.807) is 0 Å². The fourth-order valence-electron chi connectivity index (χ4n) is 3.20. The molecule has 2 aromatic carbocycles. The summed E-state index contributed by atoms with van der Waals surface area (Å²) in [5, 5.41) is 3.43. The average Bonchev–Trinajstić information content (AvgIpc) is 2.77. The summed E-state index contributed by atoms with van der Waals surface area (Å²) in [6.45, 7) is 3.76. The standard InChI is InChI=1S/C22H20ClF7N2O4S/c1-10-9-13(20(24,21(25,26)27)22(28,29)30)7-8-16(10)32-18(33)14-5-4-6-15(23)17(14)19(34)31-11(2)12(3)37(35)36/h4-9,11-12H,1-3H3,(H,31,34)(H,32,33)(H,35,36)/p-1/t11-,12-/m1/s1. The van der Waals surface area contributed by atoms with Crippen LogP contribution in [-0.4, -0.2) is 44.2 Å². The van der Waals surface area contributed by atoms with E-state index in [9.17, 15) is 49.1 Å². The number of nitrogens with one attached hydrogen (secondary N) is 2. The van der Waals surface area contributed by atoms with Gasteiger partial charge in [0.25, 0.3) is 11.8 Å². The monoisotopic (exact) mass is 575 g/mol. The predicted molar refractivity (Wildman–Crippen MR) is 121 cm³/mol. The molecule has 0 radical (unpaired) electrons. The number of alkyl halides is 7. The van der Waals surface area contributed by atoms with Gasteiger partial charge < -0.3 is 15.2 Å². The van der Waals surface area contributed by atoms with E-state index >= 15 is 0 Å². The normalized spacial score (nSPS) is 15.0. The molecule has 0 aliphatic heterocycles. The minimum atomic E-state index is -6.31. The maximum absolute atomic E-state index is 14.3. The van der Waals surface area contributed by atoms with Gasteiger partial charge in [0.05, 0.1) is 16.1 Å². The molecule has 0 aromatic heterocycles. The summed E-state index contributed by atoms with van der Waals surface area (Å²) in [5.74, 6) is -1.93. The van der Waals surface area contributed by atoms with Crippen LogP contribution in [0.3, 0.4) is 0 Å². The Morgan fingerprint density at radius 2 is 1.54 bits per heavy atom. The molecule has 0 heterocycles. The number of hydrogen-bond donors (Lipinski definition) is 2. The SMILES string of the molecule is Cc1cc(C(F)(C(F)(F)F)C(F)(F)F)ccc1NC(=O)c1cccc(Cl)c1C(=O)N[C@H](C)[C@@H](C)S(=O)[O-]. The van der Waals surface area contributed by atoms with Gasteiger partial charge in [-0.05, 0) is 44.5 Å². The van der Waals surface area contributed by atoms with E-state index in [2.05, 4.69) is 10.6 Å². The summed E-state index contributed by atoms with van der Waals surface area (Å²) in [7, 11) is 0. The van der Waals surface area contributed by atoms with Crippen LogP contribution in [0.15, 0.2) is 36.4 Å². The number of halogens is 8. The maximum atomic E-state index is 14.3. The Bertz CT molecular complexity index is 1210. The zero-order chi connectivity index (χ0) is 28.5. The minimum absolute atomic E-state index is 0.196. The number of carbonyl (C=O) groups excluding carboxylic acids is 2. The van der Waals surface area contributed by atoms with Gasteiger partial charge in [-0.2, -0.15) is 26.3 Å². The first-order valence-corrected chi connectivity index (χ1v) is 11.8. The second-order valence-corrected chi connectivity index (χ2v) is 9.70. The van der Waals surface area contributed by atoms with Gasteiger partial charge in [0.2, 0.25) is 0 Å². The molecule has 15 heteroatoms. The molecule has 1 unspecified atom stereocenters. The zero-order valence-corrected chi connectivity index (χ0v) is 20.8. The number of amides is 2. The Balaban J connectivity index is 2.41. The molecule has 2 rings (SSSR count). The first-order valence-electron chi connectivity index (χ1n) is 10.2. The highest BCUT2D eigenvalue weighted by molar-refractivity contribution is 7.79. The predicted octanol–water partition coefficient (Wildman–Crippen LogP) is 5.58. The smallest absolute Gasteiger partial charge is 0.435 e. The largest absolute Gasteiger partial charge is 0.772 e. The lowest BCUT2D eigenvalue weighted by Gasteiger charge is -2.30. The minimum Gasteiger partial charge on any atom is -0.772 e. The topological polar surface area (TPSA) is 98.3 Å². The Morgan fingerprint density at radius 3 is 2.03 bits per heavy atom. The van der Waals surface area contributed by atoms with Crippen molar-refractivity contribution in [3.05, 3.63) is 63.7 Å². The van der Waals surface area contributed by atoms with Crippen molar-refractivity contribution in [3.8, 4) is 0 Å². The fraction of sp³-hybridized carbons (Fsp3) is 0.364. The molecule has 0 aliphatic rings. The highest BCUT2D eigenvalue weighted by atomic mass is 35.5. The molecule has 0 saturated carbocycles. The Morgan fingerprint density at radius 1 is 0.973 bits per heavy atom. The number of benzene rings is 2. The van der Waals surface area contributed by atoms with Crippen molar-refractivity contribution in [1.29, 1.82) is 0 Å². The van der Waals surface area contributed by atoms with Crippen molar-refractivity contribution in [2.45, 2.75) is 50.1 Å². The van der Waals surface area contributed by atoms with Crippen LogP contribution in [0.2, 0.25) is 5.02 Å². The van der Waals surface area contributed by atoms with Crippen LogP contribution < -0.4 is 10.6 Å². The Kier molecular flexibility index (Phi) is 9.03. The van der Waals surface area contributed by atoms with Crippen LogP contribution >= 0.6 is 11.6 Å². The summed E-state index contributed by atoms with van der Waals surface area (Å²) in [5.41, 5.74) is -8.67. The molecule has 204 valence electrons. The van der Waals surface area contributed by atoms with Gasteiger partial charge in [-0.15, -0.1) is 0 Å². The van der Waals surface area contributed by atoms with E-state index < -0.39 is 57.8 Å². The number of anilines is 1. The van der Waals surface area contributed by atoms with Crippen molar-refractivity contribution in [1.82, 2.24) is 5.32 Å². The van der Waals surface area contributed by atoms with E-state index in [1.165, 1.54) is 32.0 Å². The van der Waals surface area contributed by atoms with E-state index in [4.69, 9.17) is 11.6 Å². The number of carbonyl (C=O) groups is 2. The first-order chi connectivity index (χ1) is 16.8. The van der Waals surface area contributed by atoms with Crippen LogP contribution in [0.4, 0.5) is 36.4 Å². The van der Waals surface area contributed by atoms with Crippen LogP contribution in [0.25, 0.3) is 0 Å². The third-order valence-electron chi connectivity index (χ3n) is 5.51. The summed E-state index contributed by atoms with van der Waals surface area (Å²) < 4.78 is 115. The fourth-order valence-corrected chi connectivity index (χ4v) is 3.86. The second-order valence-electron chi connectivity index (χ2n) is 8.03. The van der Waals surface area contributed by atoms with Crippen molar-refractivity contribution in [2.75, 3.05) is 5.32 Å². The van der Waals surface area contributed by atoms with Crippen LogP contribution in [0.1, 0.15) is 45.7 Å².